The van der Waals surface area contributed by atoms with Crippen molar-refractivity contribution in [1.82, 2.24) is 5.32 Å². The number of hydrogen-bond acceptors (Lipinski definition) is 6. The SMILES string of the molecule is CC(C)Nc1cc(Cl)c(-c2cc(N)cc(N)c2)c(CC(=O)NCc2ccc(C(=N)N)cc2F)c1O. The number of aromatic hydroxyl groups is 1. The summed E-state index contributed by atoms with van der Waals surface area (Å²) in [5.41, 5.74) is 20.2. The fourth-order valence-corrected chi connectivity index (χ4v) is 4.03. The fourth-order valence-electron chi connectivity index (χ4n) is 3.69. The first kappa shape index (κ1) is 25.6. The van der Waals surface area contributed by atoms with E-state index in [2.05, 4.69) is 10.6 Å². The number of hydrogen-bond donors (Lipinski definition) is 7. The summed E-state index contributed by atoms with van der Waals surface area (Å²) in [6.45, 7) is 3.71. The number of nitrogens with two attached hydrogens (primary N) is 3. The van der Waals surface area contributed by atoms with Gasteiger partial charge in [-0.1, -0.05) is 23.7 Å². The summed E-state index contributed by atoms with van der Waals surface area (Å²) in [7, 11) is 0. The molecular formula is C25H28ClFN6O2. The molecule has 3 aromatic rings. The molecule has 1 amide bonds. The van der Waals surface area contributed by atoms with Crippen LogP contribution in [0.4, 0.5) is 21.5 Å². The van der Waals surface area contributed by atoms with Gasteiger partial charge in [-0.05, 0) is 49.7 Å². The first-order valence-corrected chi connectivity index (χ1v) is 11.2. The molecule has 0 atom stereocenters. The quantitative estimate of drug-likeness (QED) is 0.107. The predicted octanol–water partition coefficient (Wildman–Crippen LogP) is 3.98. The van der Waals surface area contributed by atoms with Gasteiger partial charge in [0.1, 0.15) is 17.4 Å². The molecule has 0 saturated heterocycles. The van der Waals surface area contributed by atoms with Crippen molar-refractivity contribution < 1.29 is 14.3 Å². The molecular weight excluding hydrogens is 471 g/mol. The van der Waals surface area contributed by atoms with Crippen molar-refractivity contribution >= 4 is 40.4 Å². The smallest absolute Gasteiger partial charge is 0.224 e. The van der Waals surface area contributed by atoms with Crippen molar-refractivity contribution in [2.75, 3.05) is 16.8 Å². The Hall–Kier alpha value is -3.98. The van der Waals surface area contributed by atoms with Crippen LogP contribution in [0.1, 0.15) is 30.5 Å². The molecule has 3 aromatic carbocycles. The van der Waals surface area contributed by atoms with E-state index in [0.717, 1.165) is 6.07 Å². The number of anilines is 3. The highest BCUT2D eigenvalue weighted by Crippen LogP contribution is 2.43. The Morgan fingerprint density at radius 2 is 1.80 bits per heavy atom. The topological polar surface area (TPSA) is 163 Å². The molecule has 0 aromatic heterocycles. The molecule has 8 nitrogen and oxygen atoms in total. The maximum Gasteiger partial charge on any atom is 0.224 e. The normalized spacial score (nSPS) is 10.9. The summed E-state index contributed by atoms with van der Waals surface area (Å²) in [4.78, 5) is 12.9. The van der Waals surface area contributed by atoms with Gasteiger partial charge in [0.2, 0.25) is 5.91 Å². The number of halogens is 2. The molecule has 0 heterocycles. The summed E-state index contributed by atoms with van der Waals surface area (Å²) in [6.07, 6.45) is -0.240. The van der Waals surface area contributed by atoms with Crippen molar-refractivity contribution in [2.24, 2.45) is 5.73 Å². The van der Waals surface area contributed by atoms with Crippen LogP contribution in [0.2, 0.25) is 5.02 Å². The molecule has 35 heavy (non-hydrogen) atoms. The molecule has 10 heteroatoms. The summed E-state index contributed by atoms with van der Waals surface area (Å²) in [6, 6.07) is 10.6. The van der Waals surface area contributed by atoms with Crippen LogP contribution in [0.15, 0.2) is 42.5 Å². The van der Waals surface area contributed by atoms with Crippen molar-refractivity contribution in [3.63, 3.8) is 0 Å². The van der Waals surface area contributed by atoms with Crippen molar-refractivity contribution in [1.29, 1.82) is 5.41 Å². The highest BCUT2D eigenvalue weighted by atomic mass is 35.5. The second-order valence-corrected chi connectivity index (χ2v) is 8.88. The van der Waals surface area contributed by atoms with E-state index in [4.69, 9.17) is 34.2 Å². The third-order valence-electron chi connectivity index (χ3n) is 5.24. The van der Waals surface area contributed by atoms with Gasteiger partial charge in [0.15, 0.2) is 0 Å². The zero-order valence-corrected chi connectivity index (χ0v) is 20.1. The van der Waals surface area contributed by atoms with Crippen LogP contribution in [-0.2, 0) is 17.8 Å². The molecule has 0 unspecified atom stereocenters. The zero-order chi connectivity index (χ0) is 25.9. The van der Waals surface area contributed by atoms with Gasteiger partial charge in [-0.2, -0.15) is 0 Å². The van der Waals surface area contributed by atoms with Gasteiger partial charge >= 0.3 is 0 Å². The van der Waals surface area contributed by atoms with Gasteiger partial charge in [-0.15, -0.1) is 0 Å². The minimum atomic E-state index is -0.594. The summed E-state index contributed by atoms with van der Waals surface area (Å²) >= 11 is 6.61. The van der Waals surface area contributed by atoms with E-state index >= 15 is 0 Å². The predicted molar refractivity (Wildman–Crippen MR) is 139 cm³/mol. The Morgan fingerprint density at radius 1 is 1.14 bits per heavy atom. The van der Waals surface area contributed by atoms with Crippen LogP contribution in [0.25, 0.3) is 11.1 Å². The van der Waals surface area contributed by atoms with Crippen LogP contribution in [-0.4, -0.2) is 22.9 Å². The molecule has 0 spiro atoms. The van der Waals surface area contributed by atoms with E-state index in [0.29, 0.717) is 33.2 Å². The van der Waals surface area contributed by atoms with E-state index < -0.39 is 11.7 Å². The number of benzene rings is 3. The summed E-state index contributed by atoms with van der Waals surface area (Å²) in [5, 5.41) is 24.5. The molecule has 184 valence electrons. The van der Waals surface area contributed by atoms with E-state index in [-0.39, 0.29) is 47.3 Å². The van der Waals surface area contributed by atoms with Crippen molar-refractivity contribution in [3.05, 3.63) is 70.0 Å². The number of amides is 1. The van der Waals surface area contributed by atoms with Crippen LogP contribution >= 0.6 is 11.6 Å². The number of carbonyl (C=O) groups is 1. The van der Waals surface area contributed by atoms with Gasteiger partial charge in [0.05, 0.1) is 17.1 Å². The molecule has 0 aliphatic heterocycles. The third kappa shape index (κ3) is 6.13. The fraction of sp³-hybridized carbons (Fsp3) is 0.200. The van der Waals surface area contributed by atoms with Crippen LogP contribution in [0, 0.1) is 11.2 Å². The third-order valence-corrected chi connectivity index (χ3v) is 5.54. The number of rotatable bonds is 8. The Balaban J connectivity index is 1.95. The first-order valence-electron chi connectivity index (χ1n) is 10.8. The summed E-state index contributed by atoms with van der Waals surface area (Å²) < 4.78 is 14.3. The Labute approximate surface area is 207 Å². The van der Waals surface area contributed by atoms with Gasteiger partial charge in [0.25, 0.3) is 0 Å². The highest BCUT2D eigenvalue weighted by Gasteiger charge is 2.22. The average molecular weight is 499 g/mol. The van der Waals surface area contributed by atoms with Crippen LogP contribution < -0.4 is 27.8 Å². The van der Waals surface area contributed by atoms with E-state index in [1.54, 1.807) is 24.3 Å². The first-order chi connectivity index (χ1) is 16.5. The average Bonchev–Trinajstić information content (AvgIpc) is 2.75. The van der Waals surface area contributed by atoms with Gasteiger partial charge < -0.3 is 32.9 Å². The molecule has 0 bridgehead atoms. The molecule has 0 saturated carbocycles. The largest absolute Gasteiger partial charge is 0.505 e. The highest BCUT2D eigenvalue weighted by molar-refractivity contribution is 6.34. The molecule has 0 aliphatic carbocycles. The Kier molecular flexibility index (Phi) is 7.71. The van der Waals surface area contributed by atoms with Gasteiger partial charge in [-0.25, -0.2) is 4.39 Å². The minimum Gasteiger partial charge on any atom is -0.505 e. The number of nitrogen functional groups attached to an aromatic ring is 3. The minimum absolute atomic E-state index is 0.00606. The van der Waals surface area contributed by atoms with E-state index in [1.165, 1.54) is 12.1 Å². The Morgan fingerprint density at radius 3 is 2.37 bits per heavy atom. The lowest BCUT2D eigenvalue weighted by Gasteiger charge is -2.20. The lowest BCUT2D eigenvalue weighted by atomic mass is 9.94. The molecule has 0 radical (unpaired) electrons. The van der Waals surface area contributed by atoms with Gasteiger partial charge in [0, 0.05) is 46.2 Å². The zero-order valence-electron chi connectivity index (χ0n) is 19.4. The number of phenolic OH excluding ortho intramolecular Hbond substituents is 1. The Bertz CT molecular complexity index is 1280. The number of amidine groups is 1. The van der Waals surface area contributed by atoms with Crippen LogP contribution in [0.5, 0.6) is 5.75 Å². The second-order valence-electron chi connectivity index (χ2n) is 8.47. The molecule has 0 fully saturated rings. The monoisotopic (exact) mass is 498 g/mol. The second kappa shape index (κ2) is 10.5. The standard InChI is InChI=1S/C25H28ClFN6O2/c1-12(2)33-21-10-19(26)23(15-5-16(28)8-17(29)6-15)18(24(21)35)9-22(34)32-11-14-4-3-13(25(30)31)7-20(14)27/h3-8,10,12,33,35H,9,11,28-29H2,1-2H3,(H3,30,31)(H,32,34). The molecule has 3 rings (SSSR count). The van der Waals surface area contributed by atoms with Crippen LogP contribution in [0.3, 0.4) is 0 Å². The number of phenols is 1. The number of carbonyl (C=O) groups excluding carboxylic acids is 1. The van der Waals surface area contributed by atoms with E-state index in [1.807, 2.05) is 13.8 Å². The maximum atomic E-state index is 14.3. The molecule has 10 N–H and O–H groups in total. The van der Waals surface area contributed by atoms with Gasteiger partial charge in [-0.3, -0.25) is 10.2 Å². The van der Waals surface area contributed by atoms with E-state index in [9.17, 15) is 14.3 Å². The maximum absolute atomic E-state index is 14.3. The lowest BCUT2D eigenvalue weighted by Crippen LogP contribution is -2.25. The number of nitrogens with one attached hydrogen (secondary N) is 3. The van der Waals surface area contributed by atoms with Crippen molar-refractivity contribution in [3.8, 4) is 16.9 Å². The summed E-state index contributed by atoms with van der Waals surface area (Å²) in [5.74, 6) is -1.45. The van der Waals surface area contributed by atoms with Crippen molar-refractivity contribution in [2.45, 2.75) is 32.9 Å². The lowest BCUT2D eigenvalue weighted by molar-refractivity contribution is -0.120. The molecule has 0 aliphatic rings.